The van der Waals surface area contributed by atoms with Crippen molar-refractivity contribution in [3.05, 3.63) is 23.5 Å². The Labute approximate surface area is 92.3 Å². The lowest BCUT2D eigenvalue weighted by molar-refractivity contribution is 0.0698. The van der Waals surface area contributed by atoms with E-state index < -0.39 is 17.5 Å². The number of carbonyl (C=O) groups is 1. The molecule has 84 valence electrons. The van der Waals surface area contributed by atoms with Crippen LogP contribution in [0.25, 0.3) is 0 Å². The molecule has 16 heavy (non-hydrogen) atoms. The van der Waals surface area contributed by atoms with Crippen molar-refractivity contribution in [3.8, 4) is 12.3 Å². The lowest BCUT2D eigenvalue weighted by Crippen LogP contribution is -2.16. The van der Waals surface area contributed by atoms with Gasteiger partial charge in [0.15, 0.2) is 0 Å². The van der Waals surface area contributed by atoms with Crippen molar-refractivity contribution < 1.29 is 14.3 Å². The molecule has 0 heterocycles. The maximum Gasteiger partial charge on any atom is 0.340 e. The van der Waals surface area contributed by atoms with Crippen LogP contribution >= 0.6 is 0 Å². The Morgan fingerprint density at radius 2 is 2.31 bits per heavy atom. The molecule has 1 unspecified atom stereocenters. The molecular weight excluding hydrogens is 211 g/mol. The van der Waals surface area contributed by atoms with Gasteiger partial charge in [-0.1, -0.05) is 5.92 Å². The molecule has 4 N–H and O–H groups in total. The first-order valence-corrected chi connectivity index (χ1v) is 4.51. The van der Waals surface area contributed by atoms with Crippen LogP contribution in [0.15, 0.2) is 12.1 Å². The maximum atomic E-state index is 13.1. The fourth-order valence-electron chi connectivity index (χ4n) is 1.22. The highest BCUT2D eigenvalue weighted by molar-refractivity contribution is 6.00. The van der Waals surface area contributed by atoms with Gasteiger partial charge in [-0.3, -0.25) is 0 Å². The van der Waals surface area contributed by atoms with Crippen molar-refractivity contribution in [3.63, 3.8) is 0 Å². The predicted molar refractivity (Wildman–Crippen MR) is 59.7 cm³/mol. The number of hydrogen-bond acceptors (Lipinski definition) is 3. The van der Waals surface area contributed by atoms with E-state index in [-0.39, 0.29) is 17.3 Å². The van der Waals surface area contributed by atoms with Gasteiger partial charge in [-0.05, 0) is 19.1 Å². The quantitative estimate of drug-likeness (QED) is 0.535. The zero-order valence-corrected chi connectivity index (χ0v) is 8.62. The van der Waals surface area contributed by atoms with E-state index in [1.807, 2.05) is 0 Å². The lowest BCUT2D eigenvalue weighted by atomic mass is 10.1. The van der Waals surface area contributed by atoms with Crippen molar-refractivity contribution in [2.24, 2.45) is 0 Å². The van der Waals surface area contributed by atoms with Gasteiger partial charge in [0, 0.05) is 0 Å². The number of benzene rings is 1. The number of nitrogens with two attached hydrogens (primary N) is 1. The lowest BCUT2D eigenvalue weighted by Gasteiger charge is -2.13. The molecule has 0 spiro atoms. The van der Waals surface area contributed by atoms with Gasteiger partial charge in [0.05, 0.1) is 17.4 Å². The van der Waals surface area contributed by atoms with E-state index in [0.29, 0.717) is 0 Å². The summed E-state index contributed by atoms with van der Waals surface area (Å²) in [4.78, 5) is 10.9. The summed E-state index contributed by atoms with van der Waals surface area (Å²) in [7, 11) is 0. The summed E-state index contributed by atoms with van der Waals surface area (Å²) >= 11 is 0. The van der Waals surface area contributed by atoms with Gasteiger partial charge < -0.3 is 16.2 Å². The molecule has 0 radical (unpaired) electrons. The first-order valence-electron chi connectivity index (χ1n) is 4.51. The smallest absolute Gasteiger partial charge is 0.340 e. The van der Waals surface area contributed by atoms with Gasteiger partial charge >= 0.3 is 5.97 Å². The van der Waals surface area contributed by atoms with E-state index in [4.69, 9.17) is 17.3 Å². The molecule has 1 atom stereocenters. The molecule has 0 bridgehead atoms. The second kappa shape index (κ2) is 4.53. The highest BCUT2D eigenvalue weighted by Gasteiger charge is 2.17. The van der Waals surface area contributed by atoms with Crippen molar-refractivity contribution >= 4 is 17.3 Å². The van der Waals surface area contributed by atoms with E-state index >= 15 is 0 Å². The number of carboxylic acids is 1. The minimum Gasteiger partial charge on any atom is -0.478 e. The Kier molecular flexibility index (Phi) is 3.36. The van der Waals surface area contributed by atoms with Crippen LogP contribution in [0, 0.1) is 18.2 Å². The van der Waals surface area contributed by atoms with Crippen LogP contribution in [0.4, 0.5) is 15.8 Å². The fourth-order valence-corrected chi connectivity index (χ4v) is 1.22. The van der Waals surface area contributed by atoms with Crippen LogP contribution in [0.3, 0.4) is 0 Å². The van der Waals surface area contributed by atoms with Gasteiger partial charge in [0.2, 0.25) is 0 Å². The summed E-state index contributed by atoms with van der Waals surface area (Å²) in [5.41, 5.74) is 4.85. The number of nitrogens with one attached hydrogen (secondary N) is 1. The number of nitrogen functional groups attached to an aromatic ring is 1. The summed E-state index contributed by atoms with van der Waals surface area (Å²) in [6.45, 7) is 1.67. The topological polar surface area (TPSA) is 75.3 Å². The van der Waals surface area contributed by atoms with Crippen LogP contribution < -0.4 is 11.1 Å². The van der Waals surface area contributed by atoms with Gasteiger partial charge in [-0.2, -0.15) is 0 Å². The van der Waals surface area contributed by atoms with Gasteiger partial charge in [0.1, 0.15) is 11.4 Å². The molecule has 0 saturated carbocycles. The Bertz CT molecular complexity index is 466. The Hall–Kier alpha value is -2.22. The average Bonchev–Trinajstić information content (AvgIpc) is 2.23. The summed E-state index contributed by atoms with van der Waals surface area (Å²) in [5.74, 6) is 0.306. The molecule has 1 aromatic rings. The normalized spacial score (nSPS) is 11.6. The Balaban J connectivity index is 3.25. The van der Waals surface area contributed by atoms with Crippen molar-refractivity contribution in [2.75, 3.05) is 11.1 Å². The summed E-state index contributed by atoms with van der Waals surface area (Å²) in [6.07, 6.45) is 5.15. The van der Waals surface area contributed by atoms with Crippen molar-refractivity contribution in [2.45, 2.75) is 13.0 Å². The minimum absolute atomic E-state index is 0.205. The first kappa shape index (κ1) is 11.9. The van der Waals surface area contributed by atoms with Crippen LogP contribution in [-0.4, -0.2) is 17.1 Å². The summed E-state index contributed by atoms with van der Waals surface area (Å²) in [6, 6.07) is 2.01. The first-order chi connectivity index (χ1) is 7.47. The van der Waals surface area contributed by atoms with Crippen LogP contribution in [0.2, 0.25) is 0 Å². The van der Waals surface area contributed by atoms with Crippen molar-refractivity contribution in [1.29, 1.82) is 0 Å². The second-order valence-corrected chi connectivity index (χ2v) is 3.22. The highest BCUT2D eigenvalue weighted by Crippen LogP contribution is 2.25. The fraction of sp³-hybridized carbons (Fsp3) is 0.182. The molecule has 0 fully saturated rings. The van der Waals surface area contributed by atoms with E-state index in [1.165, 1.54) is 6.07 Å². The Morgan fingerprint density at radius 3 is 2.81 bits per heavy atom. The van der Waals surface area contributed by atoms with E-state index in [2.05, 4.69) is 11.2 Å². The molecule has 1 aromatic carbocycles. The van der Waals surface area contributed by atoms with Gasteiger partial charge in [0.25, 0.3) is 0 Å². The number of rotatable bonds is 3. The third-order valence-electron chi connectivity index (χ3n) is 2.03. The number of halogens is 1. The summed E-state index contributed by atoms with van der Waals surface area (Å²) in [5, 5.41) is 11.7. The number of terminal acetylenes is 1. The molecule has 1 rings (SSSR count). The second-order valence-electron chi connectivity index (χ2n) is 3.22. The minimum atomic E-state index is -1.30. The Morgan fingerprint density at radius 1 is 1.69 bits per heavy atom. The van der Waals surface area contributed by atoms with E-state index in [1.54, 1.807) is 6.92 Å². The third-order valence-corrected chi connectivity index (χ3v) is 2.03. The van der Waals surface area contributed by atoms with Crippen LogP contribution in [0.5, 0.6) is 0 Å². The molecule has 5 heteroatoms. The van der Waals surface area contributed by atoms with Crippen molar-refractivity contribution in [1.82, 2.24) is 0 Å². The predicted octanol–water partition coefficient (Wildman–Crippen LogP) is 1.54. The van der Waals surface area contributed by atoms with E-state index in [9.17, 15) is 9.18 Å². The highest BCUT2D eigenvalue weighted by atomic mass is 19.1. The van der Waals surface area contributed by atoms with Gasteiger partial charge in [-0.25, -0.2) is 9.18 Å². The number of aromatic carboxylic acids is 1. The van der Waals surface area contributed by atoms with Gasteiger partial charge in [-0.15, -0.1) is 6.42 Å². The molecule has 0 aliphatic rings. The molecule has 0 amide bonds. The standard InChI is InChI=1S/C11H11FN2O2/c1-3-6(2)14-8-5-4-7(12)10(13)9(8)11(15)16/h1,4-6,14H,13H2,2H3,(H,15,16). The van der Waals surface area contributed by atoms with E-state index in [0.717, 1.165) is 6.07 Å². The molecule has 0 saturated heterocycles. The SMILES string of the molecule is C#CC(C)Nc1ccc(F)c(N)c1C(=O)O. The molecular formula is C11H11FN2O2. The monoisotopic (exact) mass is 222 g/mol. The van der Waals surface area contributed by atoms with Crippen LogP contribution in [0.1, 0.15) is 17.3 Å². The molecule has 4 nitrogen and oxygen atoms in total. The molecule has 0 aliphatic heterocycles. The third kappa shape index (κ3) is 2.23. The zero-order chi connectivity index (χ0) is 12.3. The summed E-state index contributed by atoms with van der Waals surface area (Å²) < 4.78 is 13.1. The average molecular weight is 222 g/mol. The zero-order valence-electron chi connectivity index (χ0n) is 8.62. The maximum absolute atomic E-state index is 13.1. The molecule has 0 aliphatic carbocycles. The molecule has 0 aromatic heterocycles. The number of anilines is 2. The largest absolute Gasteiger partial charge is 0.478 e. The number of hydrogen-bond donors (Lipinski definition) is 3. The number of carboxylic acid groups (broad SMARTS) is 1. The van der Waals surface area contributed by atoms with Crippen LogP contribution in [-0.2, 0) is 0 Å².